The number of carbonyl (C=O) groups is 1. The number of rotatable bonds is 2. The monoisotopic (exact) mass is 323 g/mol. The summed E-state index contributed by atoms with van der Waals surface area (Å²) >= 11 is 7.41. The number of hydrogen-bond acceptors (Lipinski definition) is 4. The summed E-state index contributed by atoms with van der Waals surface area (Å²) in [5.41, 5.74) is 0.0342. The smallest absolute Gasteiger partial charge is 0.266 e. The van der Waals surface area contributed by atoms with Gasteiger partial charge in [-0.2, -0.15) is 0 Å². The minimum absolute atomic E-state index is 0.0364. The fraction of sp³-hybridized carbons (Fsp3) is 0.357. The van der Waals surface area contributed by atoms with E-state index in [4.69, 9.17) is 11.6 Å². The number of H-pyrrole nitrogens is 1. The molecule has 1 aliphatic rings. The molecule has 1 aliphatic heterocycles. The lowest BCUT2D eigenvalue weighted by atomic mass is 9.98. The van der Waals surface area contributed by atoms with E-state index in [1.54, 1.807) is 22.4 Å². The van der Waals surface area contributed by atoms with Gasteiger partial charge in [0, 0.05) is 36.8 Å². The highest BCUT2D eigenvalue weighted by Gasteiger charge is 2.27. The summed E-state index contributed by atoms with van der Waals surface area (Å²) in [5.74, 6) is 0.190. The van der Waals surface area contributed by atoms with Crippen LogP contribution in [-0.2, 0) is 0 Å². The first-order chi connectivity index (χ1) is 10.1. The summed E-state index contributed by atoms with van der Waals surface area (Å²) in [4.78, 5) is 32.4. The molecule has 1 fully saturated rings. The number of piperidine rings is 1. The third-order valence-corrected chi connectivity index (χ3v) is 4.83. The molecule has 3 heterocycles. The van der Waals surface area contributed by atoms with E-state index in [1.165, 1.54) is 12.3 Å². The summed E-state index contributed by atoms with van der Waals surface area (Å²) in [7, 11) is 0. The summed E-state index contributed by atoms with van der Waals surface area (Å²) in [6, 6.07) is 1.43. The first-order valence-corrected chi connectivity index (χ1v) is 7.98. The molecule has 0 radical (unpaired) electrons. The van der Waals surface area contributed by atoms with Crippen molar-refractivity contribution in [1.29, 1.82) is 0 Å². The molecule has 0 saturated carbocycles. The highest BCUT2D eigenvalue weighted by atomic mass is 35.5. The van der Waals surface area contributed by atoms with E-state index >= 15 is 0 Å². The molecule has 1 amide bonds. The van der Waals surface area contributed by atoms with Crippen LogP contribution in [0, 0.1) is 0 Å². The van der Waals surface area contributed by atoms with E-state index in [9.17, 15) is 9.59 Å². The molecular weight excluding hydrogens is 310 g/mol. The Balaban J connectivity index is 1.78. The molecular formula is C14H14ClN3O2S. The molecule has 0 aliphatic carbocycles. The number of amides is 1. The number of nitrogens with one attached hydrogen (secondary N) is 1. The number of nitrogens with zero attached hydrogens (tertiary/aromatic N) is 2. The SMILES string of the molecule is O=C(c1c[nH]c(=O)c(Cl)c1)N1CCC[C@@H](c2nccs2)C1. The Kier molecular flexibility index (Phi) is 4.07. The Morgan fingerprint density at radius 2 is 2.38 bits per heavy atom. The predicted molar refractivity (Wildman–Crippen MR) is 82.1 cm³/mol. The van der Waals surface area contributed by atoms with Crippen LogP contribution in [0.15, 0.2) is 28.6 Å². The molecule has 0 aromatic carbocycles. The van der Waals surface area contributed by atoms with Gasteiger partial charge in [0.25, 0.3) is 11.5 Å². The zero-order valence-electron chi connectivity index (χ0n) is 11.2. The standard InChI is InChI=1S/C14H14ClN3O2S/c15-11-6-10(7-17-12(11)19)14(20)18-4-1-2-9(8-18)13-16-3-5-21-13/h3,5-7,9H,1-2,4,8H2,(H,17,19)/t9-/m1/s1. The van der Waals surface area contributed by atoms with Gasteiger partial charge in [-0.05, 0) is 18.9 Å². The molecule has 0 unspecified atom stereocenters. The van der Waals surface area contributed by atoms with E-state index in [0.29, 0.717) is 18.0 Å². The molecule has 3 rings (SSSR count). The van der Waals surface area contributed by atoms with Crippen molar-refractivity contribution in [2.45, 2.75) is 18.8 Å². The van der Waals surface area contributed by atoms with Crippen molar-refractivity contribution in [3.8, 4) is 0 Å². The first-order valence-electron chi connectivity index (χ1n) is 6.72. The summed E-state index contributed by atoms with van der Waals surface area (Å²) in [5, 5.41) is 3.07. The van der Waals surface area contributed by atoms with Crippen LogP contribution < -0.4 is 5.56 Å². The van der Waals surface area contributed by atoms with Crippen LogP contribution in [0.25, 0.3) is 0 Å². The number of carbonyl (C=O) groups excluding carboxylic acids is 1. The van der Waals surface area contributed by atoms with E-state index in [0.717, 1.165) is 24.4 Å². The van der Waals surface area contributed by atoms with Crippen LogP contribution in [0.4, 0.5) is 0 Å². The first kappa shape index (κ1) is 14.3. The molecule has 5 nitrogen and oxygen atoms in total. The van der Waals surface area contributed by atoms with Gasteiger partial charge in [0.15, 0.2) is 0 Å². The van der Waals surface area contributed by atoms with Gasteiger partial charge >= 0.3 is 0 Å². The van der Waals surface area contributed by atoms with Crippen LogP contribution in [0.5, 0.6) is 0 Å². The van der Waals surface area contributed by atoms with Gasteiger partial charge in [0.1, 0.15) is 5.02 Å². The number of halogens is 1. The fourth-order valence-electron chi connectivity index (χ4n) is 2.56. The fourth-order valence-corrected chi connectivity index (χ4v) is 3.50. The van der Waals surface area contributed by atoms with Crippen LogP contribution in [-0.4, -0.2) is 33.9 Å². The maximum atomic E-state index is 12.5. The third kappa shape index (κ3) is 3.01. The highest BCUT2D eigenvalue weighted by molar-refractivity contribution is 7.09. The van der Waals surface area contributed by atoms with Crippen molar-refractivity contribution < 1.29 is 4.79 Å². The quantitative estimate of drug-likeness (QED) is 0.923. The Morgan fingerprint density at radius 1 is 1.52 bits per heavy atom. The van der Waals surface area contributed by atoms with Gasteiger partial charge < -0.3 is 9.88 Å². The normalized spacial score (nSPS) is 18.7. The Labute approximate surface area is 130 Å². The van der Waals surface area contributed by atoms with Crippen molar-refractivity contribution in [1.82, 2.24) is 14.9 Å². The van der Waals surface area contributed by atoms with E-state index in [-0.39, 0.29) is 16.5 Å². The van der Waals surface area contributed by atoms with Gasteiger partial charge in [0.05, 0.1) is 10.6 Å². The van der Waals surface area contributed by atoms with Gasteiger partial charge in [-0.1, -0.05) is 11.6 Å². The largest absolute Gasteiger partial charge is 0.338 e. The maximum absolute atomic E-state index is 12.5. The van der Waals surface area contributed by atoms with E-state index in [2.05, 4.69) is 9.97 Å². The van der Waals surface area contributed by atoms with E-state index in [1.807, 2.05) is 5.38 Å². The second-order valence-corrected chi connectivity index (χ2v) is 6.36. The lowest BCUT2D eigenvalue weighted by Crippen LogP contribution is -2.39. The molecule has 1 atom stereocenters. The van der Waals surface area contributed by atoms with Crippen molar-refractivity contribution in [2.75, 3.05) is 13.1 Å². The Hall–Kier alpha value is -1.66. The van der Waals surface area contributed by atoms with Gasteiger partial charge in [-0.25, -0.2) is 4.98 Å². The average molecular weight is 324 g/mol. The molecule has 2 aromatic rings. The van der Waals surface area contributed by atoms with Crippen LogP contribution in [0.3, 0.4) is 0 Å². The van der Waals surface area contributed by atoms with Crippen molar-refractivity contribution in [2.24, 2.45) is 0 Å². The number of likely N-dealkylation sites (tertiary alicyclic amines) is 1. The molecule has 0 bridgehead atoms. The van der Waals surface area contributed by atoms with Crippen molar-refractivity contribution in [3.63, 3.8) is 0 Å². The van der Waals surface area contributed by atoms with Gasteiger partial charge in [0.2, 0.25) is 0 Å². The molecule has 110 valence electrons. The molecule has 21 heavy (non-hydrogen) atoms. The molecule has 0 spiro atoms. The second kappa shape index (κ2) is 5.99. The molecule has 1 saturated heterocycles. The van der Waals surface area contributed by atoms with Crippen LogP contribution in [0.1, 0.15) is 34.1 Å². The third-order valence-electron chi connectivity index (χ3n) is 3.61. The second-order valence-electron chi connectivity index (χ2n) is 5.03. The Morgan fingerprint density at radius 3 is 3.10 bits per heavy atom. The zero-order valence-corrected chi connectivity index (χ0v) is 12.8. The average Bonchev–Trinajstić information content (AvgIpc) is 3.04. The lowest BCUT2D eigenvalue weighted by molar-refractivity contribution is 0.0706. The molecule has 1 N–H and O–H groups in total. The number of aromatic amines is 1. The summed E-state index contributed by atoms with van der Waals surface area (Å²) in [6.07, 6.45) is 5.21. The maximum Gasteiger partial charge on any atom is 0.266 e. The predicted octanol–water partition coefficient (Wildman–Crippen LogP) is 2.50. The molecule has 2 aromatic heterocycles. The summed E-state index contributed by atoms with van der Waals surface area (Å²) < 4.78 is 0. The van der Waals surface area contributed by atoms with Crippen molar-refractivity contribution in [3.05, 3.63) is 49.8 Å². The minimum Gasteiger partial charge on any atom is -0.338 e. The topological polar surface area (TPSA) is 66.1 Å². The number of hydrogen-bond donors (Lipinski definition) is 1. The molecule has 7 heteroatoms. The van der Waals surface area contributed by atoms with Gasteiger partial charge in [-0.3, -0.25) is 9.59 Å². The number of pyridine rings is 1. The van der Waals surface area contributed by atoms with Gasteiger partial charge in [-0.15, -0.1) is 11.3 Å². The summed E-state index contributed by atoms with van der Waals surface area (Å²) in [6.45, 7) is 1.38. The minimum atomic E-state index is -0.382. The van der Waals surface area contributed by atoms with Crippen LogP contribution in [0.2, 0.25) is 5.02 Å². The van der Waals surface area contributed by atoms with Crippen molar-refractivity contribution >= 4 is 28.8 Å². The lowest BCUT2D eigenvalue weighted by Gasteiger charge is -2.31. The van der Waals surface area contributed by atoms with E-state index < -0.39 is 0 Å². The highest BCUT2D eigenvalue weighted by Crippen LogP contribution is 2.28. The Bertz CT molecular complexity index is 698. The number of aromatic nitrogens is 2. The van der Waals surface area contributed by atoms with Crippen LogP contribution >= 0.6 is 22.9 Å². The zero-order chi connectivity index (χ0) is 14.8. The number of thiazole rings is 1.